The van der Waals surface area contributed by atoms with Gasteiger partial charge >= 0.3 is 5.97 Å². The Bertz CT molecular complexity index is 528. The Morgan fingerprint density at radius 3 is 2.59 bits per heavy atom. The summed E-state index contributed by atoms with van der Waals surface area (Å²) >= 11 is 0. The predicted molar refractivity (Wildman–Crippen MR) is 57.7 cm³/mol. The lowest BCUT2D eigenvalue weighted by atomic mass is 10.3. The normalized spacial score (nSPS) is 11.1. The van der Waals surface area contributed by atoms with Gasteiger partial charge in [0.15, 0.2) is 11.6 Å². The van der Waals surface area contributed by atoms with Gasteiger partial charge in [0, 0.05) is 6.07 Å². The summed E-state index contributed by atoms with van der Waals surface area (Å²) in [6.07, 6.45) is -0.546. The molecule has 17 heavy (non-hydrogen) atoms. The van der Waals surface area contributed by atoms with Crippen LogP contribution in [-0.2, 0) is 14.8 Å². The van der Waals surface area contributed by atoms with Crippen LogP contribution in [0.2, 0.25) is 0 Å². The number of hydrogen-bond acceptors (Lipinski definition) is 4. The van der Waals surface area contributed by atoms with Crippen LogP contribution in [0.5, 0.6) is 5.75 Å². The molecule has 94 valence electrons. The Morgan fingerprint density at radius 1 is 1.41 bits per heavy atom. The highest BCUT2D eigenvalue weighted by Crippen LogP contribution is 2.20. The summed E-state index contributed by atoms with van der Waals surface area (Å²) in [6.45, 7) is 0. The molecule has 1 aromatic carbocycles. The quantitative estimate of drug-likeness (QED) is 0.680. The molecule has 0 aliphatic heterocycles. The van der Waals surface area contributed by atoms with Crippen molar-refractivity contribution in [1.29, 1.82) is 0 Å². The van der Waals surface area contributed by atoms with E-state index in [2.05, 4.69) is 0 Å². The third kappa shape index (κ3) is 4.27. The van der Waals surface area contributed by atoms with E-state index in [-0.39, 0.29) is 5.69 Å². The largest absolute Gasteiger partial charge is 0.505 e. The first-order chi connectivity index (χ1) is 7.80. The third-order valence-corrected chi connectivity index (χ3v) is 3.09. The molecule has 0 aromatic heterocycles. The molecule has 8 heteroatoms. The highest BCUT2D eigenvalue weighted by molar-refractivity contribution is 7.92. The Kier molecular flexibility index (Phi) is 3.89. The minimum absolute atomic E-state index is 0.0781. The molecule has 1 rings (SSSR count). The number of benzene rings is 1. The fraction of sp³-hybridized carbons (Fsp3) is 0.222. The lowest BCUT2D eigenvalue weighted by Crippen LogP contribution is -2.18. The standard InChI is InChI=1S/C9H10FNO5S/c10-7-5-6(1-2-8(7)12)11-17(15,16)4-3-9(13)14/h1-2,5,11-12H,3-4H2,(H,13,14). The summed E-state index contributed by atoms with van der Waals surface area (Å²) < 4.78 is 37.6. The van der Waals surface area contributed by atoms with E-state index in [1.54, 1.807) is 0 Å². The Hall–Kier alpha value is -1.83. The number of halogens is 1. The van der Waals surface area contributed by atoms with Crippen molar-refractivity contribution in [3.63, 3.8) is 0 Å². The molecule has 0 saturated heterocycles. The molecule has 0 fully saturated rings. The molecular weight excluding hydrogens is 253 g/mol. The van der Waals surface area contributed by atoms with E-state index in [0.29, 0.717) is 0 Å². The molecule has 0 aliphatic rings. The number of rotatable bonds is 5. The van der Waals surface area contributed by atoms with Crippen molar-refractivity contribution in [3.8, 4) is 5.75 Å². The molecule has 0 atom stereocenters. The number of phenols is 1. The van der Waals surface area contributed by atoms with Gasteiger partial charge in [-0.15, -0.1) is 0 Å². The van der Waals surface area contributed by atoms with Crippen molar-refractivity contribution in [3.05, 3.63) is 24.0 Å². The zero-order valence-electron chi connectivity index (χ0n) is 8.55. The van der Waals surface area contributed by atoms with Crippen molar-refractivity contribution in [1.82, 2.24) is 0 Å². The van der Waals surface area contributed by atoms with Gasteiger partial charge < -0.3 is 10.2 Å². The Labute approximate surface area is 96.8 Å². The molecule has 0 saturated carbocycles. The van der Waals surface area contributed by atoms with Crippen LogP contribution in [0.1, 0.15) is 6.42 Å². The van der Waals surface area contributed by atoms with Crippen LogP contribution in [0.25, 0.3) is 0 Å². The molecule has 0 bridgehead atoms. The maximum absolute atomic E-state index is 12.9. The van der Waals surface area contributed by atoms with Crippen LogP contribution >= 0.6 is 0 Å². The molecule has 0 heterocycles. The fourth-order valence-corrected chi connectivity index (χ4v) is 2.05. The third-order valence-electron chi connectivity index (χ3n) is 1.81. The van der Waals surface area contributed by atoms with E-state index in [4.69, 9.17) is 10.2 Å². The second-order valence-corrected chi connectivity index (χ2v) is 5.07. The Balaban J connectivity index is 2.76. The van der Waals surface area contributed by atoms with Gasteiger partial charge in [0.1, 0.15) is 0 Å². The second-order valence-electron chi connectivity index (χ2n) is 3.23. The van der Waals surface area contributed by atoms with Crippen molar-refractivity contribution in [2.24, 2.45) is 0 Å². The minimum atomic E-state index is -3.84. The van der Waals surface area contributed by atoms with Crippen molar-refractivity contribution in [2.75, 3.05) is 10.5 Å². The molecule has 0 spiro atoms. The van der Waals surface area contributed by atoms with E-state index in [0.717, 1.165) is 18.2 Å². The van der Waals surface area contributed by atoms with Gasteiger partial charge in [-0.05, 0) is 12.1 Å². The van der Waals surface area contributed by atoms with E-state index in [9.17, 15) is 17.6 Å². The van der Waals surface area contributed by atoms with Crippen molar-refractivity contribution >= 4 is 21.7 Å². The maximum atomic E-state index is 12.9. The van der Waals surface area contributed by atoms with Crippen LogP contribution < -0.4 is 4.72 Å². The van der Waals surface area contributed by atoms with Gasteiger partial charge in [0.2, 0.25) is 10.0 Å². The molecule has 6 nitrogen and oxygen atoms in total. The Morgan fingerprint density at radius 2 is 2.06 bits per heavy atom. The van der Waals surface area contributed by atoms with E-state index < -0.39 is 39.7 Å². The number of nitrogens with one attached hydrogen (secondary N) is 1. The predicted octanol–water partition coefficient (Wildman–Crippen LogP) is 0.748. The van der Waals surface area contributed by atoms with Crippen LogP contribution in [0.3, 0.4) is 0 Å². The monoisotopic (exact) mass is 263 g/mol. The molecule has 3 N–H and O–H groups in total. The molecule has 0 unspecified atom stereocenters. The van der Waals surface area contributed by atoms with E-state index in [1.165, 1.54) is 0 Å². The number of aromatic hydroxyl groups is 1. The first kappa shape index (κ1) is 13.2. The number of aliphatic carboxylic acids is 1. The SMILES string of the molecule is O=C(O)CCS(=O)(=O)Nc1ccc(O)c(F)c1. The molecular formula is C9H10FNO5S. The lowest BCUT2D eigenvalue weighted by Gasteiger charge is -2.07. The van der Waals surface area contributed by atoms with Crippen LogP contribution in [-0.4, -0.2) is 30.4 Å². The van der Waals surface area contributed by atoms with Crippen molar-refractivity contribution < 1.29 is 27.8 Å². The van der Waals surface area contributed by atoms with Gasteiger partial charge in [-0.25, -0.2) is 12.8 Å². The smallest absolute Gasteiger partial charge is 0.304 e. The van der Waals surface area contributed by atoms with E-state index in [1.807, 2.05) is 4.72 Å². The number of carboxylic acids is 1. The van der Waals surface area contributed by atoms with Crippen LogP contribution in [0.15, 0.2) is 18.2 Å². The highest BCUT2D eigenvalue weighted by atomic mass is 32.2. The van der Waals surface area contributed by atoms with Gasteiger partial charge in [-0.3, -0.25) is 9.52 Å². The average molecular weight is 263 g/mol. The maximum Gasteiger partial charge on any atom is 0.304 e. The molecule has 0 radical (unpaired) electrons. The first-order valence-electron chi connectivity index (χ1n) is 4.51. The lowest BCUT2D eigenvalue weighted by molar-refractivity contribution is -0.136. The number of carbonyl (C=O) groups is 1. The number of phenolic OH excluding ortho intramolecular Hbond substituents is 1. The van der Waals surface area contributed by atoms with Gasteiger partial charge in [0.05, 0.1) is 17.9 Å². The topological polar surface area (TPSA) is 104 Å². The van der Waals surface area contributed by atoms with Crippen molar-refractivity contribution in [2.45, 2.75) is 6.42 Å². The number of sulfonamides is 1. The zero-order chi connectivity index (χ0) is 13.1. The molecule has 0 amide bonds. The second kappa shape index (κ2) is 5.00. The van der Waals surface area contributed by atoms with Gasteiger partial charge in [-0.2, -0.15) is 0 Å². The average Bonchev–Trinajstić information content (AvgIpc) is 2.21. The summed E-state index contributed by atoms with van der Waals surface area (Å²) in [6, 6.07) is 2.95. The summed E-state index contributed by atoms with van der Waals surface area (Å²) in [5.74, 6) is -3.42. The van der Waals surface area contributed by atoms with Crippen LogP contribution in [0.4, 0.5) is 10.1 Å². The summed E-state index contributed by atoms with van der Waals surface area (Å²) in [7, 11) is -3.84. The minimum Gasteiger partial charge on any atom is -0.505 e. The highest BCUT2D eigenvalue weighted by Gasteiger charge is 2.13. The van der Waals surface area contributed by atoms with Crippen LogP contribution in [0, 0.1) is 5.82 Å². The first-order valence-corrected chi connectivity index (χ1v) is 6.16. The summed E-state index contributed by atoms with van der Waals surface area (Å²) in [5, 5.41) is 17.2. The summed E-state index contributed by atoms with van der Waals surface area (Å²) in [4.78, 5) is 10.2. The van der Waals surface area contributed by atoms with Gasteiger partial charge in [0.25, 0.3) is 0 Å². The number of hydrogen-bond donors (Lipinski definition) is 3. The molecule has 1 aromatic rings. The zero-order valence-corrected chi connectivity index (χ0v) is 9.37. The fourth-order valence-electron chi connectivity index (χ4n) is 1.02. The summed E-state index contributed by atoms with van der Waals surface area (Å²) in [5.41, 5.74) is -0.0781. The number of carboxylic acid groups (broad SMARTS) is 1. The molecule has 0 aliphatic carbocycles. The van der Waals surface area contributed by atoms with Gasteiger partial charge in [-0.1, -0.05) is 0 Å². The number of anilines is 1. The van der Waals surface area contributed by atoms with E-state index >= 15 is 0 Å².